The van der Waals surface area contributed by atoms with Gasteiger partial charge in [0.1, 0.15) is 5.75 Å². The number of hydrogen-bond donors (Lipinski definition) is 4. The number of nitrogens with two attached hydrogens (primary N) is 1. The topological polar surface area (TPSA) is 87.7 Å². The summed E-state index contributed by atoms with van der Waals surface area (Å²) < 4.78 is 5.91. The molecule has 5 N–H and O–H groups in total. The zero-order valence-electron chi connectivity index (χ0n) is 16.6. The smallest absolute Gasteiger partial charge is 0.119 e. The lowest BCUT2D eigenvalue weighted by molar-refractivity contribution is 0.0691. The highest BCUT2D eigenvalue weighted by Crippen LogP contribution is 2.56. The van der Waals surface area contributed by atoms with Crippen molar-refractivity contribution < 1.29 is 14.9 Å². The van der Waals surface area contributed by atoms with Crippen LogP contribution in [0.3, 0.4) is 0 Å². The fraction of sp³-hybridized carbons (Fsp3) is 0.652. The van der Waals surface area contributed by atoms with Gasteiger partial charge in [0.25, 0.3) is 0 Å². The predicted molar refractivity (Wildman–Crippen MR) is 111 cm³/mol. The van der Waals surface area contributed by atoms with Crippen LogP contribution >= 0.6 is 0 Å². The second-order valence-corrected chi connectivity index (χ2v) is 9.20. The van der Waals surface area contributed by atoms with Gasteiger partial charge in [0, 0.05) is 12.2 Å². The Morgan fingerprint density at radius 1 is 1.00 bits per heavy atom. The molecule has 154 valence electrons. The van der Waals surface area contributed by atoms with E-state index in [1.54, 1.807) is 5.57 Å². The van der Waals surface area contributed by atoms with Gasteiger partial charge in [-0.3, -0.25) is 0 Å². The Hall–Kier alpha value is -1.56. The number of hydrogen-bond acceptors (Lipinski definition) is 5. The third-order valence-electron chi connectivity index (χ3n) is 6.98. The summed E-state index contributed by atoms with van der Waals surface area (Å²) in [6.07, 6.45) is 10.7. The molecule has 5 heteroatoms. The number of ether oxygens (including phenoxy) is 1. The molecule has 0 saturated heterocycles. The summed E-state index contributed by atoms with van der Waals surface area (Å²) in [4.78, 5) is 0. The number of aliphatic hydroxyl groups excluding tert-OH is 2. The summed E-state index contributed by atoms with van der Waals surface area (Å²) in [6.45, 7) is 0.480. The van der Waals surface area contributed by atoms with Crippen LogP contribution in [0.25, 0.3) is 0 Å². The van der Waals surface area contributed by atoms with Crippen LogP contribution in [0.1, 0.15) is 38.5 Å². The van der Waals surface area contributed by atoms with Crippen LogP contribution in [0.4, 0.5) is 5.69 Å². The van der Waals surface area contributed by atoms with Gasteiger partial charge in [-0.2, -0.15) is 0 Å². The molecule has 4 aliphatic carbocycles. The van der Waals surface area contributed by atoms with Crippen LogP contribution in [-0.4, -0.2) is 42.1 Å². The first-order chi connectivity index (χ1) is 13.6. The van der Waals surface area contributed by atoms with E-state index in [0.29, 0.717) is 13.2 Å². The van der Waals surface area contributed by atoms with E-state index in [1.807, 2.05) is 24.3 Å². The monoisotopic (exact) mass is 386 g/mol. The van der Waals surface area contributed by atoms with Crippen LogP contribution in [0, 0.1) is 23.7 Å². The van der Waals surface area contributed by atoms with Crippen molar-refractivity contribution in [3.8, 4) is 5.75 Å². The largest absolute Gasteiger partial charge is 0.493 e. The van der Waals surface area contributed by atoms with Crippen molar-refractivity contribution in [3.05, 3.63) is 35.9 Å². The molecule has 28 heavy (non-hydrogen) atoms. The summed E-state index contributed by atoms with van der Waals surface area (Å²) in [7, 11) is 0. The quantitative estimate of drug-likeness (QED) is 0.387. The minimum atomic E-state index is -1.01. The Morgan fingerprint density at radius 3 is 2.18 bits per heavy atom. The minimum absolute atomic E-state index is 0.268. The number of benzene rings is 1. The molecule has 0 aliphatic heterocycles. The molecule has 1 aromatic rings. The van der Waals surface area contributed by atoms with Gasteiger partial charge in [-0.1, -0.05) is 11.6 Å². The molecule has 0 unspecified atom stereocenters. The maximum Gasteiger partial charge on any atom is 0.119 e. The first-order valence-electron chi connectivity index (χ1n) is 10.8. The second kappa shape index (κ2) is 8.44. The first kappa shape index (κ1) is 19.7. The highest BCUT2D eigenvalue weighted by molar-refractivity contribution is 5.46. The molecule has 5 nitrogen and oxygen atoms in total. The molecular weight excluding hydrogens is 352 g/mol. The van der Waals surface area contributed by atoms with Gasteiger partial charge >= 0.3 is 0 Å². The number of allylic oxidation sites excluding steroid dienone is 1. The molecule has 0 radical (unpaired) electrons. The summed E-state index contributed by atoms with van der Waals surface area (Å²) in [5, 5.41) is 21.6. The highest BCUT2D eigenvalue weighted by atomic mass is 16.5. The molecule has 0 amide bonds. The maximum atomic E-state index is 9.24. The molecule has 1 aromatic carbocycles. The molecule has 4 aliphatic rings. The number of rotatable bonds is 9. The van der Waals surface area contributed by atoms with E-state index < -0.39 is 5.54 Å². The van der Waals surface area contributed by atoms with Crippen LogP contribution in [0.15, 0.2) is 35.9 Å². The van der Waals surface area contributed by atoms with E-state index in [1.165, 1.54) is 32.1 Å². The van der Waals surface area contributed by atoms with Crippen LogP contribution in [0.2, 0.25) is 0 Å². The fourth-order valence-corrected chi connectivity index (χ4v) is 5.57. The summed E-state index contributed by atoms with van der Waals surface area (Å²) >= 11 is 0. The lowest BCUT2D eigenvalue weighted by Gasteiger charge is -2.51. The number of aliphatic hydroxyl groups is 2. The normalized spacial score (nSPS) is 28.5. The fourth-order valence-electron chi connectivity index (χ4n) is 5.57. The molecule has 4 fully saturated rings. The van der Waals surface area contributed by atoms with Crippen LogP contribution in [0.5, 0.6) is 5.75 Å². The van der Waals surface area contributed by atoms with E-state index >= 15 is 0 Å². The molecular formula is C23H34N2O3. The molecule has 5 rings (SSSR count). The lowest BCUT2D eigenvalue weighted by atomic mass is 9.54. The van der Waals surface area contributed by atoms with E-state index in [9.17, 15) is 10.2 Å². The van der Waals surface area contributed by atoms with E-state index in [0.717, 1.165) is 41.5 Å². The third-order valence-corrected chi connectivity index (χ3v) is 6.98. The Bertz CT molecular complexity index is 652. The second-order valence-electron chi connectivity index (χ2n) is 9.20. The van der Waals surface area contributed by atoms with Gasteiger partial charge in [0.2, 0.25) is 0 Å². The van der Waals surface area contributed by atoms with Gasteiger partial charge in [0.15, 0.2) is 0 Å². The van der Waals surface area contributed by atoms with E-state index in [-0.39, 0.29) is 13.2 Å². The molecule has 4 bridgehead atoms. The van der Waals surface area contributed by atoms with Crippen molar-refractivity contribution in [3.63, 3.8) is 0 Å². The van der Waals surface area contributed by atoms with Crippen LogP contribution in [-0.2, 0) is 0 Å². The Labute approximate surface area is 168 Å². The van der Waals surface area contributed by atoms with Crippen molar-refractivity contribution in [1.82, 2.24) is 0 Å². The Morgan fingerprint density at radius 2 is 1.61 bits per heavy atom. The lowest BCUT2D eigenvalue weighted by Crippen LogP contribution is -2.52. The van der Waals surface area contributed by atoms with Gasteiger partial charge in [-0.25, -0.2) is 0 Å². The van der Waals surface area contributed by atoms with E-state index in [2.05, 4.69) is 11.4 Å². The Balaban J connectivity index is 1.22. The minimum Gasteiger partial charge on any atom is -0.493 e. The van der Waals surface area contributed by atoms with Crippen molar-refractivity contribution in [2.24, 2.45) is 29.4 Å². The zero-order valence-corrected chi connectivity index (χ0v) is 16.6. The molecule has 0 heterocycles. The molecule has 0 atom stereocenters. The average molecular weight is 387 g/mol. The van der Waals surface area contributed by atoms with Crippen molar-refractivity contribution in [2.45, 2.75) is 44.1 Å². The van der Waals surface area contributed by atoms with Crippen LogP contribution < -0.4 is 15.8 Å². The molecule has 4 saturated carbocycles. The maximum absolute atomic E-state index is 9.24. The molecule has 0 aromatic heterocycles. The first-order valence-corrected chi connectivity index (χ1v) is 10.8. The van der Waals surface area contributed by atoms with Crippen molar-refractivity contribution in [1.29, 1.82) is 0 Å². The standard InChI is InChI=1S/C23H34N2O3/c24-23(14-26,15-27)13-25-20-3-5-21(6-4-20)28-7-1-2-22-18-9-16-8-17(11-18)12-19(22)10-16/h2-6,16-19,25-27H,1,7-15,24H2. The van der Waals surface area contributed by atoms with Crippen molar-refractivity contribution in [2.75, 3.05) is 31.7 Å². The Kier molecular flexibility index (Phi) is 5.95. The summed E-state index contributed by atoms with van der Waals surface area (Å²) in [5.41, 5.74) is 7.49. The van der Waals surface area contributed by atoms with Gasteiger partial charge in [0.05, 0.1) is 25.4 Å². The third kappa shape index (κ3) is 4.37. The van der Waals surface area contributed by atoms with Gasteiger partial charge in [-0.15, -0.1) is 0 Å². The predicted octanol–water partition coefficient (Wildman–Crippen LogP) is 2.93. The number of nitrogens with one attached hydrogen (secondary N) is 1. The summed E-state index contributed by atoms with van der Waals surface area (Å²) in [5.74, 6) is 4.63. The zero-order chi connectivity index (χ0) is 19.6. The molecule has 0 spiro atoms. The summed E-state index contributed by atoms with van der Waals surface area (Å²) in [6, 6.07) is 7.74. The SMILES string of the molecule is NC(CO)(CO)CNc1ccc(OCCC=C2C3CC4CC(C3)CC2C4)cc1. The van der Waals surface area contributed by atoms with Gasteiger partial charge in [-0.05, 0) is 86.5 Å². The van der Waals surface area contributed by atoms with Crippen molar-refractivity contribution >= 4 is 5.69 Å². The average Bonchev–Trinajstić information content (AvgIpc) is 2.71. The van der Waals surface area contributed by atoms with E-state index in [4.69, 9.17) is 10.5 Å². The highest BCUT2D eigenvalue weighted by Gasteiger charge is 2.44. The van der Waals surface area contributed by atoms with Gasteiger partial charge < -0.3 is 26.0 Å². The number of anilines is 1.